The van der Waals surface area contributed by atoms with Crippen molar-refractivity contribution in [1.82, 2.24) is 5.32 Å². The Kier molecular flexibility index (Phi) is 6.32. The second kappa shape index (κ2) is 9.27. The van der Waals surface area contributed by atoms with Crippen LogP contribution in [-0.2, 0) is 4.79 Å². The minimum atomic E-state index is -0.424. The molecule has 0 heterocycles. The molecule has 7 nitrogen and oxygen atoms in total. The number of benzene rings is 3. The number of ether oxygens (including phenoxy) is 2. The summed E-state index contributed by atoms with van der Waals surface area (Å²) < 4.78 is 10.6. The molecule has 3 rings (SSSR count). The van der Waals surface area contributed by atoms with Crippen molar-refractivity contribution in [2.24, 2.45) is 0 Å². The van der Waals surface area contributed by atoms with E-state index < -0.39 is 5.91 Å². The number of phenolic OH excluding ortho intramolecular Hbond substituents is 1. The fourth-order valence-corrected chi connectivity index (χ4v) is 2.53. The monoisotopic (exact) mass is 392 g/mol. The number of amides is 2. The average molecular weight is 392 g/mol. The van der Waals surface area contributed by atoms with E-state index >= 15 is 0 Å². The summed E-state index contributed by atoms with van der Waals surface area (Å²) in [5.41, 5.74) is 0.797. The van der Waals surface area contributed by atoms with Gasteiger partial charge >= 0.3 is 0 Å². The molecule has 3 aromatic carbocycles. The number of methoxy groups -OCH3 is 1. The van der Waals surface area contributed by atoms with Crippen molar-refractivity contribution in [3.63, 3.8) is 0 Å². The molecule has 2 amide bonds. The molecule has 0 saturated heterocycles. The standard InChI is InChI=1S/C22H20N2O5/c1-28-20-12-9-16(13-19(20)25)24-21(26)14-23-22(27)15-7-10-18(11-8-15)29-17-5-3-2-4-6-17/h2-13,25H,14H2,1H3,(H,23,27)(H,24,26). The molecule has 0 aliphatic carbocycles. The van der Waals surface area contributed by atoms with Crippen LogP contribution < -0.4 is 20.1 Å². The molecule has 0 unspecified atom stereocenters. The smallest absolute Gasteiger partial charge is 0.251 e. The van der Waals surface area contributed by atoms with Gasteiger partial charge in [0, 0.05) is 17.3 Å². The first-order chi connectivity index (χ1) is 14.0. The van der Waals surface area contributed by atoms with Crippen LogP contribution in [-0.4, -0.2) is 30.6 Å². The fourth-order valence-electron chi connectivity index (χ4n) is 2.53. The zero-order chi connectivity index (χ0) is 20.6. The highest BCUT2D eigenvalue weighted by Crippen LogP contribution is 2.28. The predicted octanol–water partition coefficient (Wildman–Crippen LogP) is 3.56. The third kappa shape index (κ3) is 5.49. The lowest BCUT2D eigenvalue weighted by Crippen LogP contribution is -2.32. The fraction of sp³-hybridized carbons (Fsp3) is 0.0909. The van der Waals surface area contributed by atoms with Gasteiger partial charge in [0.05, 0.1) is 13.7 Å². The van der Waals surface area contributed by atoms with E-state index in [1.165, 1.54) is 19.2 Å². The van der Waals surface area contributed by atoms with Gasteiger partial charge in [-0.25, -0.2) is 0 Å². The number of phenols is 1. The third-order valence-electron chi connectivity index (χ3n) is 3.97. The summed E-state index contributed by atoms with van der Waals surface area (Å²) in [7, 11) is 1.43. The van der Waals surface area contributed by atoms with Crippen LogP contribution in [0.5, 0.6) is 23.0 Å². The van der Waals surface area contributed by atoms with Gasteiger partial charge in [0.15, 0.2) is 11.5 Å². The molecule has 0 aromatic heterocycles. The number of para-hydroxylation sites is 1. The van der Waals surface area contributed by atoms with Gasteiger partial charge in [-0.2, -0.15) is 0 Å². The molecule has 3 aromatic rings. The van der Waals surface area contributed by atoms with Crippen LogP contribution in [0.3, 0.4) is 0 Å². The van der Waals surface area contributed by atoms with Crippen molar-refractivity contribution in [2.75, 3.05) is 19.0 Å². The Bertz CT molecular complexity index is 988. The Morgan fingerprint density at radius 3 is 2.28 bits per heavy atom. The lowest BCUT2D eigenvalue weighted by atomic mass is 10.2. The largest absolute Gasteiger partial charge is 0.504 e. The van der Waals surface area contributed by atoms with E-state index in [1.807, 2.05) is 30.3 Å². The van der Waals surface area contributed by atoms with Crippen LogP contribution in [0.1, 0.15) is 10.4 Å². The first-order valence-corrected chi connectivity index (χ1v) is 8.83. The van der Waals surface area contributed by atoms with Gasteiger partial charge in [0.2, 0.25) is 5.91 Å². The van der Waals surface area contributed by atoms with Gasteiger partial charge in [-0.15, -0.1) is 0 Å². The van der Waals surface area contributed by atoms with Gasteiger partial charge in [-0.3, -0.25) is 9.59 Å². The van der Waals surface area contributed by atoms with E-state index in [4.69, 9.17) is 9.47 Å². The summed E-state index contributed by atoms with van der Waals surface area (Å²) in [6.45, 7) is -0.214. The molecule has 0 atom stereocenters. The Labute approximate surface area is 167 Å². The highest BCUT2D eigenvalue weighted by atomic mass is 16.5. The van der Waals surface area contributed by atoms with Crippen molar-refractivity contribution in [2.45, 2.75) is 0 Å². The SMILES string of the molecule is COc1ccc(NC(=O)CNC(=O)c2ccc(Oc3ccccc3)cc2)cc1O. The number of carbonyl (C=O) groups excluding carboxylic acids is 2. The number of rotatable bonds is 7. The van der Waals surface area contributed by atoms with E-state index in [9.17, 15) is 14.7 Å². The highest BCUT2D eigenvalue weighted by molar-refractivity contribution is 5.99. The molecule has 0 spiro atoms. The molecule has 148 valence electrons. The zero-order valence-electron chi connectivity index (χ0n) is 15.7. The average Bonchev–Trinajstić information content (AvgIpc) is 2.73. The molecule has 0 aliphatic rings. The summed E-state index contributed by atoms with van der Waals surface area (Å²) in [5.74, 6) is 0.704. The van der Waals surface area contributed by atoms with Crippen molar-refractivity contribution in [1.29, 1.82) is 0 Å². The lowest BCUT2D eigenvalue weighted by molar-refractivity contribution is -0.115. The van der Waals surface area contributed by atoms with Crippen molar-refractivity contribution in [3.05, 3.63) is 78.4 Å². The van der Waals surface area contributed by atoms with Gasteiger partial charge in [0.25, 0.3) is 5.91 Å². The molecule has 29 heavy (non-hydrogen) atoms. The van der Waals surface area contributed by atoms with Crippen LogP contribution in [0.15, 0.2) is 72.8 Å². The molecule has 0 radical (unpaired) electrons. The first-order valence-electron chi connectivity index (χ1n) is 8.83. The molecule has 0 fully saturated rings. The first kappa shape index (κ1) is 19.8. The Balaban J connectivity index is 1.51. The minimum absolute atomic E-state index is 0.0906. The maximum atomic E-state index is 12.2. The van der Waals surface area contributed by atoms with E-state index in [1.54, 1.807) is 30.3 Å². The van der Waals surface area contributed by atoms with Gasteiger partial charge in [0.1, 0.15) is 11.5 Å². The minimum Gasteiger partial charge on any atom is -0.504 e. The van der Waals surface area contributed by atoms with Crippen LogP contribution in [0.25, 0.3) is 0 Å². The van der Waals surface area contributed by atoms with Crippen LogP contribution in [0.4, 0.5) is 5.69 Å². The van der Waals surface area contributed by atoms with Gasteiger partial charge in [-0.05, 0) is 48.5 Å². The van der Waals surface area contributed by atoms with Crippen molar-refractivity contribution >= 4 is 17.5 Å². The maximum absolute atomic E-state index is 12.2. The number of nitrogens with one attached hydrogen (secondary N) is 2. The summed E-state index contributed by atoms with van der Waals surface area (Å²) >= 11 is 0. The Morgan fingerprint density at radius 1 is 0.931 bits per heavy atom. The number of hydrogen-bond donors (Lipinski definition) is 3. The molecular formula is C22H20N2O5. The molecule has 0 bridgehead atoms. The quantitative estimate of drug-likeness (QED) is 0.571. The van der Waals surface area contributed by atoms with Crippen LogP contribution >= 0.6 is 0 Å². The van der Waals surface area contributed by atoms with E-state index in [-0.39, 0.29) is 18.2 Å². The predicted molar refractivity (Wildman–Crippen MR) is 109 cm³/mol. The van der Waals surface area contributed by atoms with Gasteiger partial charge in [-0.1, -0.05) is 18.2 Å². The highest BCUT2D eigenvalue weighted by Gasteiger charge is 2.10. The zero-order valence-corrected chi connectivity index (χ0v) is 15.7. The van der Waals surface area contributed by atoms with E-state index in [0.717, 1.165) is 0 Å². The second-order valence-corrected chi connectivity index (χ2v) is 6.06. The summed E-state index contributed by atoms with van der Waals surface area (Å²) in [6.07, 6.45) is 0. The van der Waals surface area contributed by atoms with Crippen molar-refractivity contribution in [3.8, 4) is 23.0 Å². The Morgan fingerprint density at radius 2 is 1.62 bits per heavy atom. The topological polar surface area (TPSA) is 96.9 Å². The number of carbonyl (C=O) groups is 2. The lowest BCUT2D eigenvalue weighted by Gasteiger charge is -2.09. The normalized spacial score (nSPS) is 10.1. The molecule has 0 saturated carbocycles. The van der Waals surface area contributed by atoms with Crippen molar-refractivity contribution < 1.29 is 24.2 Å². The molecule has 7 heteroatoms. The summed E-state index contributed by atoms with van der Waals surface area (Å²) in [5, 5.41) is 14.9. The van der Waals surface area contributed by atoms with Gasteiger partial charge < -0.3 is 25.2 Å². The summed E-state index contributed by atoms with van der Waals surface area (Å²) in [4.78, 5) is 24.2. The van der Waals surface area contributed by atoms with Crippen LogP contribution in [0, 0.1) is 0 Å². The third-order valence-corrected chi connectivity index (χ3v) is 3.97. The second-order valence-electron chi connectivity index (χ2n) is 6.06. The van der Waals surface area contributed by atoms with E-state index in [0.29, 0.717) is 28.5 Å². The van der Waals surface area contributed by atoms with Crippen LogP contribution in [0.2, 0.25) is 0 Å². The van der Waals surface area contributed by atoms with E-state index in [2.05, 4.69) is 10.6 Å². The molecular weight excluding hydrogens is 372 g/mol. The molecule has 3 N–H and O–H groups in total. The summed E-state index contributed by atoms with van der Waals surface area (Å²) in [6, 6.07) is 20.4. The molecule has 0 aliphatic heterocycles. The number of anilines is 1. The Hall–Kier alpha value is -4.00. The maximum Gasteiger partial charge on any atom is 0.251 e. The number of hydrogen-bond acceptors (Lipinski definition) is 5. The number of aromatic hydroxyl groups is 1.